The monoisotopic (exact) mass is 253 g/mol. The van der Waals surface area contributed by atoms with E-state index in [0.717, 1.165) is 23.4 Å². The molecule has 0 spiro atoms. The fraction of sp³-hybridized carbons (Fsp3) is 0.188. The number of esters is 1. The van der Waals surface area contributed by atoms with E-state index in [-0.39, 0.29) is 5.97 Å². The number of carbonyl (C=O) groups excluding carboxylic acids is 1. The Balaban J connectivity index is 2.00. The van der Waals surface area contributed by atoms with E-state index in [2.05, 4.69) is 29.2 Å². The van der Waals surface area contributed by atoms with E-state index >= 15 is 0 Å². The molecule has 3 nitrogen and oxygen atoms in total. The van der Waals surface area contributed by atoms with Gasteiger partial charge in [-0.05, 0) is 11.6 Å². The van der Waals surface area contributed by atoms with E-state index in [9.17, 15) is 4.79 Å². The third-order valence-corrected chi connectivity index (χ3v) is 3.27. The average molecular weight is 253 g/mol. The van der Waals surface area contributed by atoms with Crippen LogP contribution in [-0.4, -0.2) is 25.7 Å². The Bertz CT molecular complexity index is 580. The average Bonchev–Trinajstić information content (AvgIpc) is 2.48. The highest BCUT2D eigenvalue weighted by Gasteiger charge is 2.20. The first-order valence-corrected chi connectivity index (χ1v) is 6.39. The number of hydrogen-bond acceptors (Lipinski definition) is 3. The van der Waals surface area contributed by atoms with Crippen molar-refractivity contribution in [2.45, 2.75) is 0 Å². The van der Waals surface area contributed by atoms with Crippen LogP contribution in [0.15, 0.2) is 54.6 Å². The minimum atomic E-state index is -0.158. The summed E-state index contributed by atoms with van der Waals surface area (Å²) in [5.74, 6) is -0.158. The van der Waals surface area contributed by atoms with Gasteiger partial charge < -0.3 is 9.64 Å². The summed E-state index contributed by atoms with van der Waals surface area (Å²) in [6, 6.07) is 18.4. The highest BCUT2D eigenvalue weighted by atomic mass is 16.5. The number of benzene rings is 2. The van der Waals surface area contributed by atoms with Crippen LogP contribution in [-0.2, 0) is 9.53 Å². The van der Waals surface area contributed by atoms with Crippen LogP contribution in [0, 0.1) is 0 Å². The van der Waals surface area contributed by atoms with Crippen molar-refractivity contribution >= 4 is 11.7 Å². The zero-order chi connectivity index (χ0) is 13.1. The lowest BCUT2D eigenvalue weighted by Gasteiger charge is -2.29. The van der Waals surface area contributed by atoms with Crippen LogP contribution in [0.4, 0.5) is 5.69 Å². The van der Waals surface area contributed by atoms with Gasteiger partial charge >= 0.3 is 5.97 Å². The third-order valence-electron chi connectivity index (χ3n) is 3.27. The Kier molecular flexibility index (Phi) is 3.19. The molecule has 0 amide bonds. The molecule has 3 heteroatoms. The number of rotatable bonds is 2. The first-order valence-electron chi connectivity index (χ1n) is 6.39. The normalized spacial score (nSPS) is 15.2. The van der Waals surface area contributed by atoms with E-state index in [1.54, 1.807) is 0 Å². The molecule has 96 valence electrons. The largest absolute Gasteiger partial charge is 0.462 e. The lowest BCUT2D eigenvalue weighted by molar-refractivity contribution is -0.143. The van der Waals surface area contributed by atoms with Crippen LogP contribution in [0.3, 0.4) is 0 Å². The maximum Gasteiger partial charge on any atom is 0.325 e. The maximum atomic E-state index is 11.4. The Labute approximate surface area is 112 Å². The van der Waals surface area contributed by atoms with Gasteiger partial charge in [-0.25, -0.2) is 0 Å². The molecule has 0 aliphatic carbocycles. The molecule has 0 unspecified atom stereocenters. The Morgan fingerprint density at radius 1 is 0.947 bits per heavy atom. The van der Waals surface area contributed by atoms with E-state index < -0.39 is 0 Å². The summed E-state index contributed by atoms with van der Waals surface area (Å²) in [5.41, 5.74) is 3.40. The number of hydrogen-bond donors (Lipinski definition) is 0. The van der Waals surface area contributed by atoms with Gasteiger partial charge in [0.15, 0.2) is 0 Å². The molecule has 0 radical (unpaired) electrons. The second kappa shape index (κ2) is 5.14. The minimum Gasteiger partial charge on any atom is -0.462 e. The van der Waals surface area contributed by atoms with Gasteiger partial charge in [0.25, 0.3) is 0 Å². The summed E-state index contributed by atoms with van der Waals surface area (Å²) in [6.45, 7) is 1.53. The number of cyclic esters (lactones) is 1. The molecular weight excluding hydrogens is 238 g/mol. The molecular formula is C16H15NO2. The van der Waals surface area contributed by atoms with Crippen molar-refractivity contribution in [1.82, 2.24) is 0 Å². The fourth-order valence-corrected chi connectivity index (χ4v) is 2.37. The van der Waals surface area contributed by atoms with E-state index in [1.165, 1.54) is 0 Å². The van der Waals surface area contributed by atoms with Gasteiger partial charge in [-0.15, -0.1) is 0 Å². The molecule has 2 aromatic rings. The standard InChI is InChI=1S/C16H15NO2/c18-16-12-17(10-11-19-16)15-9-5-4-8-14(15)13-6-2-1-3-7-13/h1-9H,10-12H2. The van der Waals surface area contributed by atoms with Crippen LogP contribution in [0.2, 0.25) is 0 Å². The summed E-state index contributed by atoms with van der Waals surface area (Å²) in [7, 11) is 0. The number of nitrogens with zero attached hydrogens (tertiary/aromatic N) is 1. The second-order valence-electron chi connectivity index (χ2n) is 4.53. The fourth-order valence-electron chi connectivity index (χ4n) is 2.37. The number of anilines is 1. The minimum absolute atomic E-state index is 0.158. The lowest BCUT2D eigenvalue weighted by atomic mass is 10.0. The predicted molar refractivity (Wildman–Crippen MR) is 75.1 cm³/mol. The number of morpholine rings is 1. The lowest BCUT2D eigenvalue weighted by Crippen LogP contribution is -2.39. The van der Waals surface area contributed by atoms with Crippen molar-refractivity contribution in [1.29, 1.82) is 0 Å². The van der Waals surface area contributed by atoms with E-state index in [0.29, 0.717) is 13.2 Å². The van der Waals surface area contributed by atoms with Gasteiger partial charge in [0, 0.05) is 11.3 Å². The van der Waals surface area contributed by atoms with Crippen LogP contribution >= 0.6 is 0 Å². The number of para-hydroxylation sites is 1. The molecule has 0 saturated carbocycles. The van der Waals surface area contributed by atoms with Crippen LogP contribution < -0.4 is 4.90 Å². The SMILES string of the molecule is O=C1CN(c2ccccc2-c2ccccc2)CCO1. The third kappa shape index (κ3) is 2.45. The highest BCUT2D eigenvalue weighted by Crippen LogP contribution is 2.30. The van der Waals surface area contributed by atoms with Gasteiger partial charge in [-0.3, -0.25) is 4.79 Å². The molecule has 2 aromatic carbocycles. The molecule has 0 N–H and O–H groups in total. The summed E-state index contributed by atoms with van der Waals surface area (Å²) >= 11 is 0. The van der Waals surface area contributed by atoms with Gasteiger partial charge in [-0.2, -0.15) is 0 Å². The molecule has 1 heterocycles. The first-order chi connectivity index (χ1) is 9.34. The van der Waals surface area contributed by atoms with Gasteiger partial charge in [-0.1, -0.05) is 48.5 Å². The predicted octanol–water partition coefficient (Wildman–Crippen LogP) is 2.72. The van der Waals surface area contributed by atoms with Crippen molar-refractivity contribution in [2.75, 3.05) is 24.6 Å². The highest BCUT2D eigenvalue weighted by molar-refractivity contribution is 5.83. The molecule has 1 fully saturated rings. The molecule has 1 saturated heterocycles. The van der Waals surface area contributed by atoms with Crippen molar-refractivity contribution in [3.05, 3.63) is 54.6 Å². The molecule has 19 heavy (non-hydrogen) atoms. The van der Waals surface area contributed by atoms with Crippen molar-refractivity contribution in [3.8, 4) is 11.1 Å². The zero-order valence-corrected chi connectivity index (χ0v) is 10.6. The van der Waals surface area contributed by atoms with Crippen LogP contribution in [0.5, 0.6) is 0 Å². The Hall–Kier alpha value is -2.29. The van der Waals surface area contributed by atoms with Crippen LogP contribution in [0.1, 0.15) is 0 Å². The van der Waals surface area contributed by atoms with Crippen LogP contribution in [0.25, 0.3) is 11.1 Å². The second-order valence-corrected chi connectivity index (χ2v) is 4.53. The van der Waals surface area contributed by atoms with Crippen molar-refractivity contribution in [2.24, 2.45) is 0 Å². The summed E-state index contributed by atoms with van der Waals surface area (Å²) in [6.07, 6.45) is 0. The van der Waals surface area contributed by atoms with Crippen molar-refractivity contribution in [3.63, 3.8) is 0 Å². The molecule has 0 aromatic heterocycles. The van der Waals surface area contributed by atoms with Gasteiger partial charge in [0.2, 0.25) is 0 Å². The molecule has 0 atom stereocenters. The van der Waals surface area contributed by atoms with E-state index in [1.807, 2.05) is 30.3 Å². The smallest absolute Gasteiger partial charge is 0.325 e. The molecule has 0 bridgehead atoms. The molecule has 1 aliphatic rings. The topological polar surface area (TPSA) is 29.5 Å². The Morgan fingerprint density at radius 3 is 2.47 bits per heavy atom. The van der Waals surface area contributed by atoms with Gasteiger partial charge in [0.1, 0.15) is 13.2 Å². The Morgan fingerprint density at radius 2 is 1.68 bits per heavy atom. The molecule has 1 aliphatic heterocycles. The summed E-state index contributed by atoms with van der Waals surface area (Å²) in [5, 5.41) is 0. The zero-order valence-electron chi connectivity index (χ0n) is 10.6. The maximum absolute atomic E-state index is 11.4. The van der Waals surface area contributed by atoms with Gasteiger partial charge in [0.05, 0.1) is 6.54 Å². The number of ether oxygens (including phenoxy) is 1. The molecule has 3 rings (SSSR count). The summed E-state index contributed by atoms with van der Waals surface area (Å²) in [4.78, 5) is 13.5. The first kappa shape index (κ1) is 11.8. The number of carbonyl (C=O) groups is 1. The van der Waals surface area contributed by atoms with E-state index in [4.69, 9.17) is 4.74 Å². The summed E-state index contributed by atoms with van der Waals surface area (Å²) < 4.78 is 4.99. The quantitative estimate of drug-likeness (QED) is 0.771. The van der Waals surface area contributed by atoms with Crippen molar-refractivity contribution < 1.29 is 9.53 Å².